The van der Waals surface area contributed by atoms with Gasteiger partial charge in [0.05, 0.1) is 25.2 Å². The van der Waals surface area contributed by atoms with Gasteiger partial charge in [-0.05, 0) is 51.1 Å². The Kier molecular flexibility index (Phi) is 7.90. The second kappa shape index (κ2) is 10.2. The van der Waals surface area contributed by atoms with Crippen LogP contribution < -0.4 is 19.1 Å². The normalized spacial score (nSPS) is 12.1. The number of para-hydroxylation sites is 1. The van der Waals surface area contributed by atoms with Crippen LogP contribution >= 0.6 is 0 Å². The van der Waals surface area contributed by atoms with Gasteiger partial charge in [0.25, 0.3) is 0 Å². The molecule has 0 radical (unpaired) electrons. The maximum absolute atomic E-state index is 12.7. The Labute approximate surface area is 172 Å². The molecule has 2 aromatic carbocycles. The van der Waals surface area contributed by atoms with E-state index in [-0.39, 0.29) is 6.54 Å². The molecular weight excluding hydrogens is 392 g/mol. The number of sulfonamides is 1. The van der Waals surface area contributed by atoms with Crippen LogP contribution in [0.1, 0.15) is 26.3 Å². The highest BCUT2D eigenvalue weighted by Crippen LogP contribution is 2.24. The summed E-state index contributed by atoms with van der Waals surface area (Å²) >= 11 is 0. The smallest absolute Gasteiger partial charge is 0.243 e. The van der Waals surface area contributed by atoms with E-state index in [0.29, 0.717) is 30.4 Å². The van der Waals surface area contributed by atoms with Gasteiger partial charge in [-0.3, -0.25) is 9.10 Å². The quantitative estimate of drug-likeness (QED) is 0.639. The van der Waals surface area contributed by atoms with Crippen LogP contribution in [0.2, 0.25) is 0 Å². The lowest BCUT2D eigenvalue weighted by atomic mass is 10.2. The Bertz CT molecular complexity index is 913. The molecule has 0 aliphatic rings. The summed E-state index contributed by atoms with van der Waals surface area (Å²) in [6.07, 6.45) is 1.08. The minimum atomic E-state index is -3.68. The van der Waals surface area contributed by atoms with Crippen LogP contribution in [0.15, 0.2) is 48.5 Å². The number of anilines is 1. The van der Waals surface area contributed by atoms with Gasteiger partial charge in [0.15, 0.2) is 0 Å². The topological polar surface area (TPSA) is 84.9 Å². The largest absolute Gasteiger partial charge is 0.494 e. The molecule has 0 spiro atoms. The number of amides is 1. The fraction of sp³-hybridized carbons (Fsp3) is 0.381. The molecular formula is C21H28N2O5S. The number of carbonyl (C=O) groups excluding carboxylic acids is 1. The first-order chi connectivity index (χ1) is 13.8. The molecule has 1 N–H and O–H groups in total. The molecule has 1 atom stereocenters. The van der Waals surface area contributed by atoms with Crippen LogP contribution in [0.25, 0.3) is 0 Å². The van der Waals surface area contributed by atoms with Crippen molar-refractivity contribution >= 4 is 21.6 Å². The molecule has 0 fully saturated rings. The second-order valence-corrected chi connectivity index (χ2v) is 8.28. The zero-order valence-electron chi connectivity index (χ0n) is 17.2. The SMILES string of the molecule is CCOc1ccc(N([C@@H](C)C(=O)NCc2ccccc2OCC)S(C)(=O)=O)cc1. The summed E-state index contributed by atoms with van der Waals surface area (Å²) in [5.74, 6) is 0.916. The van der Waals surface area contributed by atoms with E-state index >= 15 is 0 Å². The van der Waals surface area contributed by atoms with Crippen molar-refractivity contribution in [1.29, 1.82) is 0 Å². The number of nitrogens with zero attached hydrogens (tertiary/aromatic N) is 1. The van der Waals surface area contributed by atoms with E-state index in [0.717, 1.165) is 16.1 Å². The van der Waals surface area contributed by atoms with Crippen molar-refractivity contribution in [2.24, 2.45) is 0 Å². The van der Waals surface area contributed by atoms with E-state index in [2.05, 4.69) is 5.32 Å². The van der Waals surface area contributed by atoms with Gasteiger partial charge in [-0.1, -0.05) is 18.2 Å². The Balaban J connectivity index is 2.17. The Morgan fingerprint density at radius 3 is 2.24 bits per heavy atom. The van der Waals surface area contributed by atoms with Crippen LogP contribution in [-0.4, -0.2) is 39.8 Å². The fourth-order valence-electron chi connectivity index (χ4n) is 2.94. The molecule has 0 unspecified atom stereocenters. The molecule has 0 aromatic heterocycles. The number of benzene rings is 2. The van der Waals surface area contributed by atoms with Crippen molar-refractivity contribution in [2.75, 3.05) is 23.8 Å². The number of ether oxygens (including phenoxy) is 2. The molecule has 158 valence electrons. The van der Waals surface area contributed by atoms with Crippen LogP contribution in [0.5, 0.6) is 11.5 Å². The van der Waals surface area contributed by atoms with E-state index in [1.165, 1.54) is 0 Å². The minimum absolute atomic E-state index is 0.236. The highest BCUT2D eigenvalue weighted by molar-refractivity contribution is 7.92. The van der Waals surface area contributed by atoms with Crippen molar-refractivity contribution in [3.8, 4) is 11.5 Å². The van der Waals surface area contributed by atoms with Gasteiger partial charge in [-0.2, -0.15) is 0 Å². The summed E-state index contributed by atoms with van der Waals surface area (Å²) in [7, 11) is -3.68. The van der Waals surface area contributed by atoms with Crippen LogP contribution in [-0.2, 0) is 21.4 Å². The molecule has 7 nitrogen and oxygen atoms in total. The summed E-state index contributed by atoms with van der Waals surface area (Å²) in [5, 5.41) is 2.80. The van der Waals surface area contributed by atoms with Crippen LogP contribution in [0.4, 0.5) is 5.69 Å². The number of rotatable bonds is 10. The van der Waals surface area contributed by atoms with Gasteiger partial charge in [-0.25, -0.2) is 8.42 Å². The van der Waals surface area contributed by atoms with Crippen LogP contribution in [0, 0.1) is 0 Å². The Morgan fingerprint density at radius 1 is 1.03 bits per heavy atom. The third kappa shape index (κ3) is 6.12. The van der Waals surface area contributed by atoms with E-state index < -0.39 is 22.0 Å². The summed E-state index contributed by atoms with van der Waals surface area (Å²) < 4.78 is 36.9. The first kappa shape index (κ1) is 22.5. The van der Waals surface area contributed by atoms with E-state index in [1.54, 1.807) is 31.2 Å². The van der Waals surface area contributed by atoms with Crippen molar-refractivity contribution in [1.82, 2.24) is 5.32 Å². The molecule has 0 aliphatic heterocycles. The van der Waals surface area contributed by atoms with E-state index in [1.807, 2.05) is 38.1 Å². The average molecular weight is 421 g/mol. The van der Waals surface area contributed by atoms with Gasteiger partial charge in [0.2, 0.25) is 15.9 Å². The number of nitrogens with one attached hydrogen (secondary N) is 1. The van der Waals surface area contributed by atoms with Gasteiger partial charge in [0, 0.05) is 12.1 Å². The third-order valence-electron chi connectivity index (χ3n) is 4.22. The predicted molar refractivity (Wildman–Crippen MR) is 114 cm³/mol. The maximum Gasteiger partial charge on any atom is 0.243 e. The van der Waals surface area contributed by atoms with Gasteiger partial charge < -0.3 is 14.8 Å². The lowest BCUT2D eigenvalue weighted by Crippen LogP contribution is -2.47. The minimum Gasteiger partial charge on any atom is -0.494 e. The lowest BCUT2D eigenvalue weighted by Gasteiger charge is -2.28. The van der Waals surface area contributed by atoms with Crippen molar-refractivity contribution in [2.45, 2.75) is 33.4 Å². The molecule has 8 heteroatoms. The molecule has 0 heterocycles. The van der Waals surface area contributed by atoms with Gasteiger partial charge >= 0.3 is 0 Å². The third-order valence-corrected chi connectivity index (χ3v) is 5.46. The van der Waals surface area contributed by atoms with Crippen LogP contribution in [0.3, 0.4) is 0 Å². The highest BCUT2D eigenvalue weighted by atomic mass is 32.2. The van der Waals surface area contributed by atoms with E-state index in [9.17, 15) is 13.2 Å². The molecule has 2 aromatic rings. The number of hydrogen-bond donors (Lipinski definition) is 1. The highest BCUT2D eigenvalue weighted by Gasteiger charge is 2.29. The maximum atomic E-state index is 12.7. The molecule has 0 aliphatic carbocycles. The van der Waals surface area contributed by atoms with Crippen molar-refractivity contribution < 1.29 is 22.7 Å². The molecule has 0 saturated carbocycles. The molecule has 0 bridgehead atoms. The summed E-state index contributed by atoms with van der Waals surface area (Å²) in [6, 6.07) is 13.1. The summed E-state index contributed by atoms with van der Waals surface area (Å²) in [4.78, 5) is 12.7. The first-order valence-corrected chi connectivity index (χ1v) is 11.3. The summed E-state index contributed by atoms with van der Waals surface area (Å²) in [6.45, 7) is 6.57. The molecule has 1 amide bonds. The average Bonchev–Trinajstić information content (AvgIpc) is 2.68. The molecule has 2 rings (SSSR count). The van der Waals surface area contributed by atoms with Gasteiger partial charge in [0.1, 0.15) is 17.5 Å². The second-order valence-electron chi connectivity index (χ2n) is 6.42. The zero-order chi connectivity index (χ0) is 21.4. The molecule has 0 saturated heterocycles. The van der Waals surface area contributed by atoms with Gasteiger partial charge in [-0.15, -0.1) is 0 Å². The predicted octanol–water partition coefficient (Wildman–Crippen LogP) is 2.95. The Hall–Kier alpha value is -2.74. The lowest BCUT2D eigenvalue weighted by molar-refractivity contribution is -0.122. The number of carbonyl (C=O) groups is 1. The van der Waals surface area contributed by atoms with E-state index in [4.69, 9.17) is 9.47 Å². The summed E-state index contributed by atoms with van der Waals surface area (Å²) in [5.41, 5.74) is 1.22. The zero-order valence-corrected chi connectivity index (χ0v) is 18.0. The van der Waals surface area contributed by atoms with Crippen molar-refractivity contribution in [3.63, 3.8) is 0 Å². The molecule has 29 heavy (non-hydrogen) atoms. The monoisotopic (exact) mass is 420 g/mol. The first-order valence-electron chi connectivity index (χ1n) is 9.48. The van der Waals surface area contributed by atoms with Crippen molar-refractivity contribution in [3.05, 3.63) is 54.1 Å². The number of hydrogen-bond acceptors (Lipinski definition) is 5. The fourth-order valence-corrected chi connectivity index (χ4v) is 4.12. The standard InChI is InChI=1S/C21H28N2O5S/c1-5-27-19-13-11-18(12-14-19)23(29(4,25)26)16(3)21(24)22-15-17-9-7-8-10-20(17)28-6-2/h7-14,16H,5-6,15H2,1-4H3,(H,22,24)/t16-/m0/s1. The Morgan fingerprint density at radius 2 is 1.66 bits per heavy atom.